The summed E-state index contributed by atoms with van der Waals surface area (Å²) < 4.78 is 0. The van der Waals surface area contributed by atoms with Crippen LogP contribution in [-0.2, 0) is 9.63 Å². The summed E-state index contributed by atoms with van der Waals surface area (Å²) in [5.41, 5.74) is 6.01. The number of aliphatic hydroxyl groups is 1. The number of primary amides is 1. The topological polar surface area (TPSA) is 102 Å². The number of urea groups is 1. The van der Waals surface area contributed by atoms with E-state index >= 15 is 0 Å². The molecule has 9 heavy (non-hydrogen) atoms. The molecule has 6 nitrogen and oxygen atoms in total. The summed E-state index contributed by atoms with van der Waals surface area (Å²) in [6, 6.07) is -0.989. The van der Waals surface area contributed by atoms with E-state index in [-0.39, 0.29) is 0 Å². The van der Waals surface area contributed by atoms with Crippen LogP contribution in [0.4, 0.5) is 4.79 Å². The molecule has 0 aliphatic heterocycles. The number of aliphatic hydroxyl groups excluding tert-OH is 1. The smallest absolute Gasteiger partial charge is 0.357 e. The fourth-order valence-corrected chi connectivity index (χ4v) is 0.139. The van der Waals surface area contributed by atoms with E-state index in [0.717, 1.165) is 0 Å². The Balaban J connectivity index is 3.28. The molecule has 6 heteroatoms. The normalized spacial score (nSPS) is 8.11. The van der Waals surface area contributed by atoms with E-state index < -0.39 is 18.6 Å². The molecule has 0 atom stereocenters. The molecule has 0 rings (SSSR count). The summed E-state index contributed by atoms with van der Waals surface area (Å²) in [6.07, 6.45) is 0. The van der Waals surface area contributed by atoms with Gasteiger partial charge >= 0.3 is 12.0 Å². The molecule has 0 aliphatic carbocycles. The molecule has 0 aromatic rings. The second-order valence-electron chi connectivity index (χ2n) is 1.10. The minimum Gasteiger partial charge on any atom is -0.385 e. The zero-order valence-electron chi connectivity index (χ0n) is 4.46. The second kappa shape index (κ2) is 3.67. The van der Waals surface area contributed by atoms with Crippen LogP contribution >= 0.6 is 0 Å². The van der Waals surface area contributed by atoms with Crippen molar-refractivity contribution in [2.45, 2.75) is 0 Å². The fraction of sp³-hybridized carbons (Fsp3) is 0.333. The van der Waals surface area contributed by atoms with E-state index in [1.165, 1.54) is 5.48 Å². The van der Waals surface area contributed by atoms with E-state index in [1.54, 1.807) is 0 Å². The number of carbonyl (C=O) groups is 2. The lowest BCUT2D eigenvalue weighted by Gasteiger charge is -1.97. The first-order valence-corrected chi connectivity index (χ1v) is 2.02. The largest absolute Gasteiger partial charge is 0.385 e. The molecule has 0 aliphatic rings. The van der Waals surface area contributed by atoms with Crippen molar-refractivity contribution >= 4 is 12.0 Å². The minimum atomic E-state index is -0.989. The number of carbonyl (C=O) groups excluding carboxylic acids is 2. The molecule has 0 aromatic carbocycles. The monoisotopic (exact) mass is 134 g/mol. The van der Waals surface area contributed by atoms with Gasteiger partial charge in [-0.2, -0.15) is 5.48 Å². The van der Waals surface area contributed by atoms with Gasteiger partial charge in [-0.05, 0) is 0 Å². The Kier molecular flexibility index (Phi) is 3.14. The van der Waals surface area contributed by atoms with Crippen LogP contribution in [0, 0.1) is 0 Å². The molecular formula is C3H6N2O4. The van der Waals surface area contributed by atoms with E-state index in [9.17, 15) is 9.59 Å². The molecule has 0 radical (unpaired) electrons. The average Bonchev–Trinajstić information content (AvgIpc) is 1.83. The van der Waals surface area contributed by atoms with E-state index in [0.29, 0.717) is 0 Å². The molecule has 0 fully saturated rings. The highest BCUT2D eigenvalue weighted by Gasteiger charge is 1.99. The van der Waals surface area contributed by atoms with Gasteiger partial charge < -0.3 is 15.7 Å². The van der Waals surface area contributed by atoms with Gasteiger partial charge in [-0.25, -0.2) is 9.59 Å². The number of nitrogens with one attached hydrogen (secondary N) is 1. The zero-order valence-corrected chi connectivity index (χ0v) is 4.46. The molecule has 0 aromatic heterocycles. The lowest BCUT2D eigenvalue weighted by Crippen LogP contribution is -2.32. The number of rotatable bonds is 1. The van der Waals surface area contributed by atoms with Crippen LogP contribution in [0.25, 0.3) is 0 Å². The Morgan fingerprint density at radius 3 is 2.56 bits per heavy atom. The first kappa shape index (κ1) is 7.70. The lowest BCUT2D eigenvalue weighted by atomic mass is 10.8. The molecule has 4 N–H and O–H groups in total. The third-order valence-electron chi connectivity index (χ3n) is 0.395. The number of amides is 2. The Bertz CT molecular complexity index is 123. The Morgan fingerprint density at radius 1 is 1.67 bits per heavy atom. The first-order valence-electron chi connectivity index (χ1n) is 2.02. The Labute approximate surface area is 50.5 Å². The predicted molar refractivity (Wildman–Crippen MR) is 25.9 cm³/mol. The van der Waals surface area contributed by atoms with Gasteiger partial charge in [0.1, 0.15) is 6.61 Å². The molecule has 0 saturated heterocycles. The van der Waals surface area contributed by atoms with Crippen molar-refractivity contribution in [2.24, 2.45) is 5.73 Å². The van der Waals surface area contributed by atoms with Gasteiger partial charge in [-0.15, -0.1) is 0 Å². The maximum Gasteiger partial charge on any atom is 0.357 e. The van der Waals surface area contributed by atoms with Gasteiger partial charge in [-0.3, -0.25) is 0 Å². The second-order valence-corrected chi connectivity index (χ2v) is 1.10. The fourth-order valence-electron chi connectivity index (χ4n) is 0.139. The van der Waals surface area contributed by atoms with Gasteiger partial charge in [0.25, 0.3) is 0 Å². The van der Waals surface area contributed by atoms with Gasteiger partial charge in [-0.1, -0.05) is 0 Å². The molecule has 0 spiro atoms. The molecule has 0 saturated carbocycles. The van der Waals surface area contributed by atoms with Crippen LogP contribution in [0.15, 0.2) is 0 Å². The first-order chi connectivity index (χ1) is 4.16. The highest BCUT2D eigenvalue weighted by atomic mass is 16.7. The number of hydrogen-bond acceptors (Lipinski definition) is 4. The van der Waals surface area contributed by atoms with Crippen LogP contribution in [0.5, 0.6) is 0 Å². The van der Waals surface area contributed by atoms with Crippen LogP contribution in [-0.4, -0.2) is 23.7 Å². The molecular weight excluding hydrogens is 128 g/mol. The minimum absolute atomic E-state index is 0.791. The molecule has 0 unspecified atom stereocenters. The zero-order chi connectivity index (χ0) is 7.28. The summed E-state index contributed by atoms with van der Waals surface area (Å²) in [6.45, 7) is -0.791. The molecule has 2 amide bonds. The number of hydroxylamine groups is 1. The van der Waals surface area contributed by atoms with E-state index in [4.69, 9.17) is 5.11 Å². The summed E-state index contributed by atoms with van der Waals surface area (Å²) in [7, 11) is 0. The predicted octanol–water partition coefficient (Wildman–Crippen LogP) is -1.89. The van der Waals surface area contributed by atoms with Gasteiger partial charge in [0.05, 0.1) is 0 Å². The standard InChI is InChI=1S/C3H6N2O4/c4-3(8)5-9-2(7)1-6/h6H,1H2,(H3,4,5,8). The highest BCUT2D eigenvalue weighted by molar-refractivity contribution is 5.75. The quantitative estimate of drug-likeness (QED) is 0.365. The van der Waals surface area contributed by atoms with E-state index in [1.807, 2.05) is 0 Å². The number of hydrogen-bond donors (Lipinski definition) is 3. The van der Waals surface area contributed by atoms with Gasteiger partial charge in [0.2, 0.25) is 0 Å². The van der Waals surface area contributed by atoms with Crippen LogP contribution in [0.2, 0.25) is 0 Å². The van der Waals surface area contributed by atoms with Crippen molar-refractivity contribution in [3.8, 4) is 0 Å². The Hall–Kier alpha value is -1.30. The van der Waals surface area contributed by atoms with Crippen LogP contribution < -0.4 is 11.2 Å². The Morgan fingerprint density at radius 2 is 2.22 bits per heavy atom. The summed E-state index contributed by atoms with van der Waals surface area (Å²) in [5.74, 6) is -0.964. The third kappa shape index (κ3) is 4.56. The van der Waals surface area contributed by atoms with Crippen LogP contribution in [0.1, 0.15) is 0 Å². The molecule has 0 bridgehead atoms. The third-order valence-corrected chi connectivity index (χ3v) is 0.395. The van der Waals surface area contributed by atoms with E-state index in [2.05, 4.69) is 10.6 Å². The number of nitrogens with two attached hydrogens (primary N) is 1. The maximum absolute atomic E-state index is 9.97. The van der Waals surface area contributed by atoms with Crippen molar-refractivity contribution in [1.29, 1.82) is 0 Å². The van der Waals surface area contributed by atoms with Crippen molar-refractivity contribution in [3.05, 3.63) is 0 Å². The van der Waals surface area contributed by atoms with Gasteiger partial charge in [0.15, 0.2) is 0 Å². The van der Waals surface area contributed by atoms with Gasteiger partial charge in [0, 0.05) is 0 Å². The SMILES string of the molecule is NC(=O)NOC(=O)CO. The van der Waals surface area contributed by atoms with Crippen molar-refractivity contribution in [2.75, 3.05) is 6.61 Å². The summed E-state index contributed by atoms with van der Waals surface area (Å²) >= 11 is 0. The summed E-state index contributed by atoms with van der Waals surface area (Å²) in [5, 5.41) is 7.98. The lowest BCUT2D eigenvalue weighted by molar-refractivity contribution is -0.151. The van der Waals surface area contributed by atoms with Crippen molar-refractivity contribution < 1.29 is 19.5 Å². The highest BCUT2D eigenvalue weighted by Crippen LogP contribution is 1.67. The average molecular weight is 134 g/mol. The van der Waals surface area contributed by atoms with Crippen molar-refractivity contribution in [1.82, 2.24) is 5.48 Å². The molecule has 52 valence electrons. The van der Waals surface area contributed by atoms with Crippen LogP contribution in [0.3, 0.4) is 0 Å². The van der Waals surface area contributed by atoms with Crippen molar-refractivity contribution in [3.63, 3.8) is 0 Å². The maximum atomic E-state index is 9.97. The molecule has 0 heterocycles. The summed E-state index contributed by atoms with van der Waals surface area (Å²) in [4.78, 5) is 23.6.